The van der Waals surface area contributed by atoms with Gasteiger partial charge in [0.1, 0.15) is 0 Å². The number of benzene rings is 1. The van der Waals surface area contributed by atoms with Crippen molar-refractivity contribution in [3.63, 3.8) is 0 Å². The van der Waals surface area contributed by atoms with Gasteiger partial charge in [-0.05, 0) is 54.1 Å². The summed E-state index contributed by atoms with van der Waals surface area (Å²) < 4.78 is 7.10. The average molecular weight is 343 g/mol. The van der Waals surface area contributed by atoms with Crippen molar-refractivity contribution >= 4 is 5.91 Å². The summed E-state index contributed by atoms with van der Waals surface area (Å²) in [7, 11) is 0. The van der Waals surface area contributed by atoms with E-state index in [2.05, 4.69) is 10.3 Å². The first-order valence-corrected chi connectivity index (χ1v) is 8.28. The van der Waals surface area contributed by atoms with E-state index < -0.39 is 0 Å². The Labute approximate surface area is 150 Å². The summed E-state index contributed by atoms with van der Waals surface area (Å²) in [4.78, 5) is 16.6. The molecule has 0 radical (unpaired) electrons. The molecule has 4 aromatic rings. The Morgan fingerprint density at radius 1 is 1.04 bits per heavy atom. The van der Waals surface area contributed by atoms with Crippen LogP contribution < -0.4 is 5.32 Å². The molecule has 0 saturated carbocycles. The number of pyridine rings is 1. The van der Waals surface area contributed by atoms with E-state index in [0.29, 0.717) is 12.1 Å². The summed E-state index contributed by atoms with van der Waals surface area (Å²) in [5, 5.41) is 2.93. The lowest BCUT2D eigenvalue weighted by atomic mass is 10.1. The Morgan fingerprint density at radius 2 is 1.85 bits per heavy atom. The van der Waals surface area contributed by atoms with Crippen LogP contribution in [0.1, 0.15) is 15.9 Å². The molecule has 5 nitrogen and oxygen atoms in total. The maximum Gasteiger partial charge on any atom is 0.251 e. The average Bonchev–Trinajstić information content (AvgIpc) is 3.40. The van der Waals surface area contributed by atoms with Crippen LogP contribution in [0.4, 0.5) is 0 Å². The van der Waals surface area contributed by atoms with Crippen molar-refractivity contribution in [2.24, 2.45) is 0 Å². The molecule has 4 rings (SSSR count). The van der Waals surface area contributed by atoms with Crippen LogP contribution in [0, 0.1) is 0 Å². The van der Waals surface area contributed by atoms with Gasteiger partial charge in [0.2, 0.25) is 0 Å². The minimum Gasteiger partial charge on any atom is -0.472 e. The number of amides is 1. The topological polar surface area (TPSA) is 60.1 Å². The molecule has 128 valence electrons. The van der Waals surface area contributed by atoms with E-state index in [0.717, 1.165) is 22.4 Å². The van der Waals surface area contributed by atoms with E-state index in [1.807, 2.05) is 65.5 Å². The van der Waals surface area contributed by atoms with Crippen molar-refractivity contribution in [1.29, 1.82) is 0 Å². The Balaban J connectivity index is 1.42. The second-order valence-corrected chi connectivity index (χ2v) is 5.91. The van der Waals surface area contributed by atoms with Crippen molar-refractivity contribution in [3.8, 4) is 16.8 Å². The van der Waals surface area contributed by atoms with Gasteiger partial charge in [-0.3, -0.25) is 9.78 Å². The van der Waals surface area contributed by atoms with E-state index in [-0.39, 0.29) is 5.91 Å². The normalized spacial score (nSPS) is 10.6. The lowest BCUT2D eigenvalue weighted by Crippen LogP contribution is -2.22. The van der Waals surface area contributed by atoms with Crippen LogP contribution in [0.5, 0.6) is 0 Å². The third kappa shape index (κ3) is 3.42. The quantitative estimate of drug-likeness (QED) is 0.594. The van der Waals surface area contributed by atoms with E-state index in [9.17, 15) is 4.79 Å². The first kappa shape index (κ1) is 15.9. The molecule has 1 amide bonds. The molecular weight excluding hydrogens is 326 g/mol. The van der Waals surface area contributed by atoms with Gasteiger partial charge in [0.05, 0.1) is 12.5 Å². The SMILES string of the molecule is O=C(NCc1cncc(-c2ccoc2)c1)c1ccc(-n2cccc2)cc1. The minimum absolute atomic E-state index is 0.113. The number of nitrogens with zero attached hydrogens (tertiary/aromatic N) is 2. The molecule has 0 fully saturated rings. The monoisotopic (exact) mass is 343 g/mol. The van der Waals surface area contributed by atoms with Crippen LogP contribution in [-0.2, 0) is 6.54 Å². The summed E-state index contributed by atoms with van der Waals surface area (Å²) in [6.45, 7) is 0.414. The summed E-state index contributed by atoms with van der Waals surface area (Å²) in [5.41, 5.74) is 4.50. The van der Waals surface area contributed by atoms with Gasteiger partial charge in [-0.1, -0.05) is 0 Å². The summed E-state index contributed by atoms with van der Waals surface area (Å²) in [6, 6.07) is 15.3. The van der Waals surface area contributed by atoms with Crippen molar-refractivity contribution in [2.75, 3.05) is 0 Å². The molecule has 0 aliphatic heterocycles. The van der Waals surface area contributed by atoms with Crippen molar-refractivity contribution < 1.29 is 9.21 Å². The standard InChI is InChI=1S/C21H17N3O2/c25-21(17-3-5-20(6-4-17)24-8-1-2-9-24)23-13-16-11-19(14-22-12-16)18-7-10-26-15-18/h1-12,14-15H,13H2,(H,23,25). The maximum atomic E-state index is 12.4. The minimum atomic E-state index is -0.113. The second kappa shape index (κ2) is 7.11. The number of hydrogen-bond acceptors (Lipinski definition) is 3. The molecule has 0 unspecified atom stereocenters. The molecule has 0 aliphatic carbocycles. The molecule has 5 heteroatoms. The predicted molar refractivity (Wildman–Crippen MR) is 98.9 cm³/mol. The fraction of sp³-hybridized carbons (Fsp3) is 0.0476. The zero-order valence-corrected chi connectivity index (χ0v) is 14.0. The predicted octanol–water partition coefficient (Wildman–Crippen LogP) is 4.06. The Kier molecular flexibility index (Phi) is 4.35. The van der Waals surface area contributed by atoms with Crippen molar-refractivity contribution in [3.05, 3.63) is 97.0 Å². The highest BCUT2D eigenvalue weighted by molar-refractivity contribution is 5.94. The fourth-order valence-corrected chi connectivity index (χ4v) is 2.75. The first-order valence-electron chi connectivity index (χ1n) is 8.28. The number of aromatic nitrogens is 2. The molecule has 0 bridgehead atoms. The summed E-state index contributed by atoms with van der Waals surface area (Å²) in [6.07, 6.45) is 10.8. The summed E-state index contributed by atoms with van der Waals surface area (Å²) >= 11 is 0. The smallest absolute Gasteiger partial charge is 0.251 e. The molecule has 1 N–H and O–H groups in total. The number of carbonyl (C=O) groups is 1. The van der Waals surface area contributed by atoms with Crippen molar-refractivity contribution in [2.45, 2.75) is 6.54 Å². The molecule has 26 heavy (non-hydrogen) atoms. The van der Waals surface area contributed by atoms with E-state index in [1.54, 1.807) is 24.9 Å². The van der Waals surface area contributed by atoms with Gasteiger partial charge < -0.3 is 14.3 Å². The van der Waals surface area contributed by atoms with Crippen LogP contribution in [-0.4, -0.2) is 15.5 Å². The van der Waals surface area contributed by atoms with Crippen LogP contribution in [0.2, 0.25) is 0 Å². The Morgan fingerprint density at radius 3 is 2.58 bits per heavy atom. The molecule has 1 aromatic carbocycles. The van der Waals surface area contributed by atoms with Crippen LogP contribution in [0.3, 0.4) is 0 Å². The molecule has 0 saturated heterocycles. The second-order valence-electron chi connectivity index (χ2n) is 5.91. The number of nitrogens with one attached hydrogen (secondary N) is 1. The molecule has 0 spiro atoms. The van der Waals surface area contributed by atoms with Gasteiger partial charge in [0, 0.05) is 53.7 Å². The number of furan rings is 1. The number of carbonyl (C=O) groups excluding carboxylic acids is 1. The van der Waals surface area contributed by atoms with E-state index >= 15 is 0 Å². The molecule has 3 aromatic heterocycles. The molecular formula is C21H17N3O2. The molecule has 3 heterocycles. The Bertz CT molecular complexity index is 988. The zero-order chi connectivity index (χ0) is 17.8. The Hall–Kier alpha value is -3.60. The van der Waals surface area contributed by atoms with Crippen LogP contribution >= 0.6 is 0 Å². The maximum absolute atomic E-state index is 12.4. The highest BCUT2D eigenvalue weighted by Crippen LogP contribution is 2.19. The fourth-order valence-electron chi connectivity index (χ4n) is 2.75. The first-order chi connectivity index (χ1) is 12.8. The highest BCUT2D eigenvalue weighted by Gasteiger charge is 2.07. The number of hydrogen-bond donors (Lipinski definition) is 1. The van der Waals surface area contributed by atoms with Crippen LogP contribution in [0.25, 0.3) is 16.8 Å². The van der Waals surface area contributed by atoms with Gasteiger partial charge in [-0.15, -0.1) is 0 Å². The zero-order valence-electron chi connectivity index (χ0n) is 14.0. The van der Waals surface area contributed by atoms with Gasteiger partial charge >= 0.3 is 0 Å². The lowest BCUT2D eigenvalue weighted by molar-refractivity contribution is 0.0951. The highest BCUT2D eigenvalue weighted by atomic mass is 16.3. The van der Waals surface area contributed by atoms with Crippen molar-refractivity contribution in [1.82, 2.24) is 14.9 Å². The molecule has 0 atom stereocenters. The lowest BCUT2D eigenvalue weighted by Gasteiger charge is -2.08. The van der Waals surface area contributed by atoms with Gasteiger partial charge in [0.15, 0.2) is 0 Å². The summed E-state index contributed by atoms with van der Waals surface area (Å²) in [5.74, 6) is -0.113. The van der Waals surface area contributed by atoms with Gasteiger partial charge in [-0.2, -0.15) is 0 Å². The third-order valence-corrected chi connectivity index (χ3v) is 4.13. The molecule has 0 aliphatic rings. The van der Waals surface area contributed by atoms with E-state index in [4.69, 9.17) is 4.42 Å². The largest absolute Gasteiger partial charge is 0.472 e. The van der Waals surface area contributed by atoms with Gasteiger partial charge in [-0.25, -0.2) is 0 Å². The van der Waals surface area contributed by atoms with E-state index in [1.165, 1.54) is 0 Å². The van der Waals surface area contributed by atoms with Gasteiger partial charge in [0.25, 0.3) is 5.91 Å². The third-order valence-electron chi connectivity index (χ3n) is 4.13. The number of rotatable bonds is 5. The van der Waals surface area contributed by atoms with Crippen LogP contribution in [0.15, 0.2) is 90.3 Å².